The number of hydrogen-bond donors (Lipinski definition) is 2. The maximum atomic E-state index is 13.2. The van der Waals surface area contributed by atoms with Gasteiger partial charge in [-0.25, -0.2) is 0 Å². The number of amides is 2. The van der Waals surface area contributed by atoms with Crippen LogP contribution in [-0.2, 0) is 4.79 Å². The second kappa shape index (κ2) is 6.63. The lowest BCUT2D eigenvalue weighted by atomic mass is 9.85. The molecule has 25 heavy (non-hydrogen) atoms. The van der Waals surface area contributed by atoms with Gasteiger partial charge in [0, 0.05) is 25.3 Å². The first-order valence-corrected chi connectivity index (χ1v) is 8.83. The normalized spacial score (nSPS) is 23.6. The van der Waals surface area contributed by atoms with E-state index in [1.165, 1.54) is 0 Å². The third-order valence-corrected chi connectivity index (χ3v) is 5.39. The molecule has 2 amide bonds. The van der Waals surface area contributed by atoms with Crippen LogP contribution in [-0.4, -0.2) is 63.5 Å². The predicted molar refractivity (Wildman–Crippen MR) is 92.4 cm³/mol. The standard InChI is InChI=1S/C18H25N3O4/c1-12-11-13(2)19-15(23)14(12)16(24)21-8-4-6-18(21)5-3-7-20(9-10-22)17(18)25/h11,22H,3-10H2,1-2H3,(H,19,23). The molecule has 7 heteroatoms. The molecule has 1 spiro atoms. The number of aliphatic hydroxyl groups is 1. The summed E-state index contributed by atoms with van der Waals surface area (Å²) in [4.78, 5) is 44.5. The van der Waals surface area contributed by atoms with E-state index in [-0.39, 0.29) is 30.5 Å². The molecule has 1 aromatic rings. The Labute approximate surface area is 146 Å². The smallest absolute Gasteiger partial charge is 0.261 e. The van der Waals surface area contributed by atoms with Crippen LogP contribution in [0.4, 0.5) is 0 Å². The number of β-amino-alcohol motifs (C(OH)–C–C–N with tert-alkyl or cyclic N) is 1. The number of aromatic nitrogens is 1. The molecule has 3 heterocycles. The number of carbonyl (C=O) groups is 2. The number of aliphatic hydroxyl groups excluding tert-OH is 1. The zero-order valence-corrected chi connectivity index (χ0v) is 14.8. The molecule has 0 saturated carbocycles. The van der Waals surface area contributed by atoms with E-state index in [1.54, 1.807) is 29.7 Å². The van der Waals surface area contributed by atoms with E-state index in [2.05, 4.69) is 4.98 Å². The van der Waals surface area contributed by atoms with Crippen LogP contribution in [0.5, 0.6) is 0 Å². The molecule has 0 aliphatic carbocycles. The summed E-state index contributed by atoms with van der Waals surface area (Å²) in [5.41, 5.74) is 0.190. The van der Waals surface area contributed by atoms with Gasteiger partial charge in [-0.05, 0) is 51.2 Å². The molecular weight excluding hydrogens is 322 g/mol. The van der Waals surface area contributed by atoms with Crippen LogP contribution in [0.15, 0.2) is 10.9 Å². The third kappa shape index (κ3) is 2.86. The average Bonchev–Trinajstić information content (AvgIpc) is 2.95. The Morgan fingerprint density at radius 3 is 2.56 bits per heavy atom. The molecule has 0 bridgehead atoms. The Kier molecular flexibility index (Phi) is 4.69. The second-order valence-corrected chi connectivity index (χ2v) is 7.05. The zero-order valence-electron chi connectivity index (χ0n) is 14.8. The highest BCUT2D eigenvalue weighted by Crippen LogP contribution is 2.39. The lowest BCUT2D eigenvalue weighted by Gasteiger charge is -2.44. The molecule has 0 radical (unpaired) electrons. The highest BCUT2D eigenvalue weighted by atomic mass is 16.3. The summed E-state index contributed by atoms with van der Waals surface area (Å²) in [6.07, 6.45) is 2.76. The molecule has 1 unspecified atom stereocenters. The molecule has 1 aromatic heterocycles. The van der Waals surface area contributed by atoms with E-state index >= 15 is 0 Å². The van der Waals surface area contributed by atoms with Crippen LogP contribution in [0.3, 0.4) is 0 Å². The molecule has 0 aromatic carbocycles. The number of pyridine rings is 1. The Hall–Kier alpha value is -2.15. The van der Waals surface area contributed by atoms with Gasteiger partial charge in [-0.2, -0.15) is 0 Å². The fourth-order valence-electron chi connectivity index (χ4n) is 4.31. The summed E-state index contributed by atoms with van der Waals surface area (Å²) in [7, 11) is 0. The van der Waals surface area contributed by atoms with Crippen molar-refractivity contribution in [3.05, 3.63) is 33.2 Å². The van der Waals surface area contributed by atoms with Crippen molar-refractivity contribution in [3.8, 4) is 0 Å². The number of aromatic amines is 1. The number of rotatable bonds is 3. The van der Waals surface area contributed by atoms with Crippen molar-refractivity contribution in [3.63, 3.8) is 0 Å². The quantitative estimate of drug-likeness (QED) is 0.836. The van der Waals surface area contributed by atoms with Crippen LogP contribution in [0.2, 0.25) is 0 Å². The highest BCUT2D eigenvalue weighted by Gasteiger charge is 2.53. The Morgan fingerprint density at radius 2 is 1.92 bits per heavy atom. The van der Waals surface area contributed by atoms with E-state index in [0.717, 1.165) is 12.8 Å². The van der Waals surface area contributed by atoms with E-state index in [1.807, 2.05) is 0 Å². The molecule has 2 fully saturated rings. The van der Waals surface area contributed by atoms with Crippen molar-refractivity contribution in [1.29, 1.82) is 0 Å². The highest BCUT2D eigenvalue weighted by molar-refractivity contribution is 6.00. The summed E-state index contributed by atoms with van der Waals surface area (Å²) in [6.45, 7) is 4.80. The summed E-state index contributed by atoms with van der Waals surface area (Å²) in [6, 6.07) is 1.78. The van der Waals surface area contributed by atoms with E-state index < -0.39 is 11.1 Å². The van der Waals surface area contributed by atoms with Gasteiger partial charge in [0.25, 0.3) is 11.5 Å². The van der Waals surface area contributed by atoms with Crippen molar-refractivity contribution in [1.82, 2.24) is 14.8 Å². The van der Waals surface area contributed by atoms with E-state index in [9.17, 15) is 19.5 Å². The van der Waals surface area contributed by atoms with Gasteiger partial charge in [0.1, 0.15) is 11.1 Å². The van der Waals surface area contributed by atoms with Gasteiger partial charge in [-0.1, -0.05) is 0 Å². The van der Waals surface area contributed by atoms with Gasteiger partial charge in [0.05, 0.1) is 6.61 Å². The molecule has 2 aliphatic rings. The summed E-state index contributed by atoms with van der Waals surface area (Å²) in [5, 5.41) is 9.20. The monoisotopic (exact) mass is 347 g/mol. The molecule has 3 rings (SSSR count). The van der Waals surface area contributed by atoms with Crippen molar-refractivity contribution in [2.24, 2.45) is 0 Å². The summed E-state index contributed by atoms with van der Waals surface area (Å²) >= 11 is 0. The minimum atomic E-state index is -0.867. The van der Waals surface area contributed by atoms with Gasteiger partial charge in [-0.15, -0.1) is 0 Å². The largest absolute Gasteiger partial charge is 0.395 e. The van der Waals surface area contributed by atoms with Crippen molar-refractivity contribution >= 4 is 11.8 Å². The van der Waals surface area contributed by atoms with Gasteiger partial charge >= 0.3 is 0 Å². The maximum absolute atomic E-state index is 13.2. The number of piperidine rings is 1. The lowest BCUT2D eigenvalue weighted by molar-refractivity contribution is -0.146. The van der Waals surface area contributed by atoms with Crippen LogP contribution < -0.4 is 5.56 Å². The average molecular weight is 347 g/mol. The Bertz CT molecular complexity index is 755. The topological polar surface area (TPSA) is 93.7 Å². The lowest BCUT2D eigenvalue weighted by Crippen LogP contribution is -2.62. The Morgan fingerprint density at radius 1 is 1.24 bits per heavy atom. The zero-order chi connectivity index (χ0) is 18.2. The first-order valence-electron chi connectivity index (χ1n) is 8.83. The van der Waals surface area contributed by atoms with Gasteiger partial charge in [0.15, 0.2) is 0 Å². The van der Waals surface area contributed by atoms with Gasteiger partial charge < -0.3 is 19.9 Å². The van der Waals surface area contributed by atoms with Crippen LogP contribution in [0.25, 0.3) is 0 Å². The van der Waals surface area contributed by atoms with Gasteiger partial charge in [-0.3, -0.25) is 14.4 Å². The van der Waals surface area contributed by atoms with Crippen molar-refractivity contribution < 1.29 is 14.7 Å². The fraction of sp³-hybridized carbons (Fsp3) is 0.611. The molecule has 2 N–H and O–H groups in total. The fourth-order valence-corrected chi connectivity index (χ4v) is 4.31. The number of nitrogens with zero attached hydrogens (tertiary/aromatic N) is 2. The number of carbonyl (C=O) groups excluding carboxylic acids is 2. The number of nitrogens with one attached hydrogen (secondary N) is 1. The molecule has 136 valence electrons. The van der Waals surface area contributed by atoms with Crippen LogP contribution in [0.1, 0.15) is 47.3 Å². The van der Waals surface area contributed by atoms with Gasteiger partial charge in [0.2, 0.25) is 5.91 Å². The van der Waals surface area contributed by atoms with E-state index in [0.29, 0.717) is 37.2 Å². The minimum absolute atomic E-state index is 0.0908. The SMILES string of the molecule is Cc1cc(C)c(C(=O)N2CCCC23CCCN(CCO)C3=O)c(=O)[nH]1. The predicted octanol–water partition coefficient (Wildman–Crippen LogP) is 0.581. The molecule has 7 nitrogen and oxygen atoms in total. The molecule has 2 aliphatic heterocycles. The maximum Gasteiger partial charge on any atom is 0.261 e. The number of likely N-dealkylation sites (tertiary alicyclic amines) is 2. The molecule has 2 saturated heterocycles. The molecule has 1 atom stereocenters. The number of H-pyrrole nitrogens is 1. The van der Waals surface area contributed by atoms with Crippen molar-refractivity contribution in [2.45, 2.75) is 45.1 Å². The first kappa shape index (κ1) is 17.7. The van der Waals surface area contributed by atoms with Crippen molar-refractivity contribution in [2.75, 3.05) is 26.2 Å². The molecular formula is C18H25N3O4. The minimum Gasteiger partial charge on any atom is -0.395 e. The Balaban J connectivity index is 1.98. The summed E-state index contributed by atoms with van der Waals surface area (Å²) in [5.74, 6) is -0.463. The van der Waals surface area contributed by atoms with Crippen LogP contribution in [0, 0.1) is 13.8 Å². The third-order valence-electron chi connectivity index (χ3n) is 5.39. The van der Waals surface area contributed by atoms with Crippen LogP contribution >= 0.6 is 0 Å². The second-order valence-electron chi connectivity index (χ2n) is 7.05. The number of aryl methyl sites for hydroxylation is 2. The number of hydrogen-bond acceptors (Lipinski definition) is 4. The van der Waals surface area contributed by atoms with E-state index in [4.69, 9.17) is 0 Å². The first-order chi connectivity index (χ1) is 11.9. The summed E-state index contributed by atoms with van der Waals surface area (Å²) < 4.78 is 0.